The molecule has 0 radical (unpaired) electrons. The van der Waals surface area contributed by atoms with Crippen LogP contribution in [-0.4, -0.2) is 31.2 Å². The summed E-state index contributed by atoms with van der Waals surface area (Å²) in [7, 11) is 0. The molecule has 2 heterocycles. The second-order valence-corrected chi connectivity index (χ2v) is 10.1. The van der Waals surface area contributed by atoms with Gasteiger partial charge < -0.3 is 5.32 Å². The number of hydrogen-bond acceptors (Lipinski definition) is 4. The van der Waals surface area contributed by atoms with E-state index in [0.29, 0.717) is 46.4 Å². The van der Waals surface area contributed by atoms with Crippen molar-refractivity contribution >= 4 is 34.2 Å². The van der Waals surface area contributed by atoms with Crippen molar-refractivity contribution in [2.75, 3.05) is 6.54 Å². The van der Waals surface area contributed by atoms with Gasteiger partial charge in [0.25, 0.3) is 11.5 Å². The molecule has 0 spiro atoms. The predicted octanol–water partition coefficient (Wildman–Crippen LogP) is 3.94. The number of carbonyl (C=O) groups is 1. The maximum absolute atomic E-state index is 13.5. The van der Waals surface area contributed by atoms with Crippen LogP contribution in [0.3, 0.4) is 0 Å². The number of fused-ring (bicyclic) bond motifs is 3. The Kier molecular flexibility index (Phi) is 7.12. The van der Waals surface area contributed by atoms with Gasteiger partial charge in [0.05, 0.1) is 17.4 Å². The molecule has 0 aliphatic rings. The zero-order valence-corrected chi connectivity index (χ0v) is 21.2. The molecular weight excluding hydrogens is 466 g/mol. The SMILES string of the molecule is CC(C)CCn1c(=O)c2ccc(C(=O)NCC(C)C)cc2n2c(=O)n(Cc3cccc(Cl)c3)nc12. The van der Waals surface area contributed by atoms with Crippen LogP contribution >= 0.6 is 11.6 Å². The largest absolute Gasteiger partial charge is 0.352 e. The van der Waals surface area contributed by atoms with Crippen LogP contribution in [0, 0.1) is 11.8 Å². The third-order valence-electron chi connectivity index (χ3n) is 5.86. The molecular formula is C26H30ClN5O3. The summed E-state index contributed by atoms with van der Waals surface area (Å²) in [4.78, 5) is 39.7. The quantitative estimate of drug-likeness (QED) is 0.401. The lowest BCUT2D eigenvalue weighted by Crippen LogP contribution is -2.29. The molecule has 2 aromatic heterocycles. The Labute approximate surface area is 208 Å². The average Bonchev–Trinajstić information content (AvgIpc) is 3.12. The third kappa shape index (κ3) is 5.17. The molecule has 1 amide bonds. The van der Waals surface area contributed by atoms with Crippen LogP contribution in [0.1, 0.15) is 50.0 Å². The average molecular weight is 496 g/mol. The summed E-state index contributed by atoms with van der Waals surface area (Å²) >= 11 is 6.12. The van der Waals surface area contributed by atoms with Crippen molar-refractivity contribution in [3.63, 3.8) is 0 Å². The van der Waals surface area contributed by atoms with Crippen LogP contribution in [0.25, 0.3) is 16.7 Å². The first-order valence-corrected chi connectivity index (χ1v) is 12.2. The molecule has 4 rings (SSSR count). The molecule has 1 N–H and O–H groups in total. The van der Waals surface area contributed by atoms with Gasteiger partial charge >= 0.3 is 5.69 Å². The number of hydrogen-bond donors (Lipinski definition) is 1. The first-order chi connectivity index (χ1) is 16.7. The molecule has 9 heteroatoms. The Balaban J connectivity index is 1.92. The van der Waals surface area contributed by atoms with E-state index in [1.165, 1.54) is 9.08 Å². The number of nitrogens with one attached hydrogen (secondary N) is 1. The molecule has 0 saturated carbocycles. The molecule has 2 aromatic carbocycles. The minimum Gasteiger partial charge on any atom is -0.352 e. The summed E-state index contributed by atoms with van der Waals surface area (Å²) in [5.41, 5.74) is 0.945. The molecule has 0 unspecified atom stereocenters. The Morgan fingerprint density at radius 2 is 1.83 bits per heavy atom. The van der Waals surface area contributed by atoms with Crippen molar-refractivity contribution < 1.29 is 4.79 Å². The number of aryl methyl sites for hydroxylation is 1. The van der Waals surface area contributed by atoms with E-state index in [4.69, 9.17) is 11.6 Å². The van der Waals surface area contributed by atoms with E-state index < -0.39 is 0 Å². The minimum atomic E-state index is -0.386. The molecule has 0 atom stereocenters. The molecule has 35 heavy (non-hydrogen) atoms. The third-order valence-corrected chi connectivity index (χ3v) is 6.10. The van der Waals surface area contributed by atoms with Gasteiger partial charge in [-0.05, 0) is 54.2 Å². The van der Waals surface area contributed by atoms with Crippen molar-refractivity contribution in [3.05, 3.63) is 79.5 Å². The number of aromatic nitrogens is 4. The zero-order chi connectivity index (χ0) is 25.3. The van der Waals surface area contributed by atoms with Gasteiger partial charge in [0.2, 0.25) is 5.78 Å². The number of amides is 1. The summed E-state index contributed by atoms with van der Waals surface area (Å²) < 4.78 is 4.31. The number of carbonyl (C=O) groups excluding carboxylic acids is 1. The predicted molar refractivity (Wildman–Crippen MR) is 138 cm³/mol. The number of rotatable bonds is 8. The molecule has 0 aliphatic heterocycles. The maximum Gasteiger partial charge on any atom is 0.352 e. The Morgan fingerprint density at radius 3 is 2.51 bits per heavy atom. The van der Waals surface area contributed by atoms with Crippen LogP contribution in [0.2, 0.25) is 5.02 Å². The topological polar surface area (TPSA) is 90.4 Å². The Hall–Kier alpha value is -3.39. The van der Waals surface area contributed by atoms with E-state index in [1.54, 1.807) is 34.9 Å². The van der Waals surface area contributed by atoms with Crippen LogP contribution in [-0.2, 0) is 13.1 Å². The smallest absolute Gasteiger partial charge is 0.352 e. The van der Waals surface area contributed by atoms with Gasteiger partial charge in [0, 0.05) is 23.7 Å². The van der Waals surface area contributed by atoms with Crippen molar-refractivity contribution in [1.82, 2.24) is 24.1 Å². The van der Waals surface area contributed by atoms with Gasteiger partial charge in [-0.1, -0.05) is 51.4 Å². The van der Waals surface area contributed by atoms with Gasteiger partial charge in [0.15, 0.2) is 0 Å². The van der Waals surface area contributed by atoms with E-state index in [0.717, 1.165) is 12.0 Å². The molecule has 8 nitrogen and oxygen atoms in total. The second-order valence-electron chi connectivity index (χ2n) is 9.68. The van der Waals surface area contributed by atoms with E-state index >= 15 is 0 Å². The molecule has 4 aromatic rings. The molecule has 0 aliphatic carbocycles. The van der Waals surface area contributed by atoms with Crippen molar-refractivity contribution in [1.29, 1.82) is 0 Å². The van der Waals surface area contributed by atoms with Crippen LogP contribution in [0.15, 0.2) is 52.1 Å². The van der Waals surface area contributed by atoms with E-state index in [2.05, 4.69) is 24.3 Å². The fourth-order valence-electron chi connectivity index (χ4n) is 3.96. The molecule has 184 valence electrons. The Bertz CT molecular complexity index is 1510. The number of halogens is 1. The highest BCUT2D eigenvalue weighted by atomic mass is 35.5. The summed E-state index contributed by atoms with van der Waals surface area (Å²) in [6.45, 7) is 9.34. The highest BCUT2D eigenvalue weighted by Gasteiger charge is 2.19. The van der Waals surface area contributed by atoms with Crippen LogP contribution in [0.4, 0.5) is 0 Å². The van der Waals surface area contributed by atoms with E-state index in [9.17, 15) is 14.4 Å². The van der Waals surface area contributed by atoms with Gasteiger partial charge in [-0.15, -0.1) is 5.10 Å². The summed E-state index contributed by atoms with van der Waals surface area (Å²) in [6, 6.07) is 12.1. The second kappa shape index (κ2) is 10.1. The van der Waals surface area contributed by atoms with E-state index in [-0.39, 0.29) is 29.5 Å². The minimum absolute atomic E-state index is 0.204. The van der Waals surface area contributed by atoms with Crippen molar-refractivity contribution in [2.45, 2.75) is 47.2 Å². The van der Waals surface area contributed by atoms with Gasteiger partial charge in [-0.2, -0.15) is 0 Å². The first kappa shape index (κ1) is 24.7. The number of benzene rings is 2. The summed E-state index contributed by atoms with van der Waals surface area (Å²) in [5, 5.41) is 8.36. The normalized spacial score (nSPS) is 11.7. The first-order valence-electron chi connectivity index (χ1n) is 11.8. The number of nitrogens with zero attached hydrogens (tertiary/aromatic N) is 4. The highest BCUT2D eigenvalue weighted by Crippen LogP contribution is 2.16. The van der Waals surface area contributed by atoms with Crippen molar-refractivity contribution in [2.24, 2.45) is 11.8 Å². The van der Waals surface area contributed by atoms with Gasteiger partial charge in [-0.25, -0.2) is 13.9 Å². The summed E-state index contributed by atoms with van der Waals surface area (Å²) in [6.07, 6.45) is 0.756. The molecule has 0 bridgehead atoms. The lowest BCUT2D eigenvalue weighted by Gasteiger charge is -2.12. The lowest BCUT2D eigenvalue weighted by atomic mass is 10.1. The molecule has 0 saturated heterocycles. The monoisotopic (exact) mass is 495 g/mol. The van der Waals surface area contributed by atoms with Crippen LogP contribution in [0.5, 0.6) is 0 Å². The van der Waals surface area contributed by atoms with Gasteiger partial charge in [0.1, 0.15) is 0 Å². The fraction of sp³-hybridized carbons (Fsp3) is 0.385. The fourth-order valence-corrected chi connectivity index (χ4v) is 4.17. The Morgan fingerprint density at radius 1 is 1.06 bits per heavy atom. The van der Waals surface area contributed by atoms with Crippen molar-refractivity contribution in [3.8, 4) is 0 Å². The van der Waals surface area contributed by atoms with Gasteiger partial charge in [-0.3, -0.25) is 14.2 Å². The highest BCUT2D eigenvalue weighted by molar-refractivity contribution is 6.30. The lowest BCUT2D eigenvalue weighted by molar-refractivity contribution is 0.0949. The standard InChI is InChI=1S/C26H30ClN5O3/c1-16(2)10-11-30-24(34)21-9-8-19(23(33)28-14-17(3)4)13-22(21)32-25(30)29-31(26(32)35)15-18-6-5-7-20(27)12-18/h5-9,12-13,16-17H,10-11,14-15H2,1-4H3,(H,28,33). The zero-order valence-electron chi connectivity index (χ0n) is 20.4. The summed E-state index contributed by atoms with van der Waals surface area (Å²) in [5.74, 6) is 0.670. The van der Waals surface area contributed by atoms with E-state index in [1.807, 2.05) is 26.0 Å². The molecule has 0 fully saturated rings. The van der Waals surface area contributed by atoms with Crippen LogP contribution < -0.4 is 16.6 Å². The maximum atomic E-state index is 13.5.